The Kier molecular flexibility index (Phi) is 2.01. The topological polar surface area (TPSA) is 55.9 Å². The predicted octanol–water partition coefficient (Wildman–Crippen LogP) is -0.483. The first kappa shape index (κ1) is 7.21. The molecule has 0 aromatic carbocycles. The van der Waals surface area contributed by atoms with Gasteiger partial charge in [-0.25, -0.2) is 4.79 Å². The van der Waals surface area contributed by atoms with Crippen molar-refractivity contribution in [2.75, 3.05) is 13.7 Å². The second-order valence-corrected chi connectivity index (χ2v) is 2.07. The predicted molar refractivity (Wildman–Crippen MR) is 31.4 cm³/mol. The van der Waals surface area contributed by atoms with Gasteiger partial charge in [0.1, 0.15) is 0 Å². The minimum Gasteiger partial charge on any atom is -0.463 e. The van der Waals surface area contributed by atoms with Gasteiger partial charge in [0, 0.05) is 6.42 Å². The van der Waals surface area contributed by atoms with Crippen molar-refractivity contribution in [1.29, 1.82) is 0 Å². The number of Topliss-reactive ketones (excluding diaryl/α,β-unsaturated/α-hetero) is 1. The average Bonchev–Trinajstić information content (AvgIpc) is 2.70. The lowest BCUT2D eigenvalue weighted by Gasteiger charge is -1.93. The van der Waals surface area contributed by atoms with Crippen LogP contribution in [0.4, 0.5) is 0 Å². The van der Waals surface area contributed by atoms with Crippen LogP contribution in [0, 0.1) is 0 Å². The van der Waals surface area contributed by atoms with Gasteiger partial charge in [0.05, 0.1) is 19.8 Å². The number of ketones is 1. The Balaban J connectivity index is 2.25. The van der Waals surface area contributed by atoms with Gasteiger partial charge in [-0.15, -0.1) is 0 Å². The Morgan fingerprint density at radius 1 is 1.70 bits per heavy atom. The van der Waals surface area contributed by atoms with Crippen LogP contribution in [0.15, 0.2) is 0 Å². The van der Waals surface area contributed by atoms with E-state index in [0.29, 0.717) is 6.61 Å². The van der Waals surface area contributed by atoms with Crippen molar-refractivity contribution in [3.63, 3.8) is 0 Å². The summed E-state index contributed by atoms with van der Waals surface area (Å²) in [5, 5.41) is 0. The molecule has 0 aromatic rings. The number of methoxy groups -OCH3 is 1. The van der Waals surface area contributed by atoms with Crippen LogP contribution in [0.25, 0.3) is 0 Å². The monoisotopic (exact) mass is 144 g/mol. The van der Waals surface area contributed by atoms with Crippen molar-refractivity contribution in [3.05, 3.63) is 0 Å². The lowest BCUT2D eigenvalue weighted by Crippen LogP contribution is -2.16. The van der Waals surface area contributed by atoms with E-state index in [1.54, 1.807) is 0 Å². The molecule has 1 heterocycles. The first-order valence-electron chi connectivity index (χ1n) is 2.97. The van der Waals surface area contributed by atoms with Gasteiger partial charge in [-0.1, -0.05) is 0 Å². The molecule has 0 aromatic heterocycles. The van der Waals surface area contributed by atoms with Crippen LogP contribution in [-0.4, -0.2) is 31.6 Å². The van der Waals surface area contributed by atoms with Crippen molar-refractivity contribution in [2.45, 2.75) is 12.5 Å². The molecule has 1 saturated heterocycles. The largest absolute Gasteiger partial charge is 0.463 e. The fraction of sp³-hybridized carbons (Fsp3) is 0.667. The Bertz CT molecular complexity index is 159. The molecule has 1 unspecified atom stereocenters. The molecular weight excluding hydrogens is 136 g/mol. The molecule has 1 rings (SSSR count). The Morgan fingerprint density at radius 2 is 2.30 bits per heavy atom. The average molecular weight is 144 g/mol. The molecule has 1 aliphatic heterocycles. The third-order valence-electron chi connectivity index (χ3n) is 1.23. The highest BCUT2D eigenvalue weighted by Gasteiger charge is 2.28. The van der Waals surface area contributed by atoms with Crippen LogP contribution in [0.5, 0.6) is 0 Å². The number of rotatable bonds is 3. The molecule has 10 heavy (non-hydrogen) atoms. The van der Waals surface area contributed by atoms with E-state index in [-0.39, 0.29) is 12.5 Å². The summed E-state index contributed by atoms with van der Waals surface area (Å²) < 4.78 is 8.94. The molecule has 56 valence electrons. The maximum absolute atomic E-state index is 10.7. The smallest absolute Gasteiger partial charge is 0.374 e. The van der Waals surface area contributed by atoms with E-state index in [4.69, 9.17) is 4.74 Å². The van der Waals surface area contributed by atoms with E-state index < -0.39 is 11.8 Å². The van der Waals surface area contributed by atoms with Gasteiger partial charge >= 0.3 is 5.97 Å². The molecule has 1 aliphatic rings. The van der Waals surface area contributed by atoms with Gasteiger partial charge in [-0.2, -0.15) is 0 Å². The van der Waals surface area contributed by atoms with Crippen LogP contribution in [0.3, 0.4) is 0 Å². The van der Waals surface area contributed by atoms with Gasteiger partial charge in [-0.3, -0.25) is 4.79 Å². The highest BCUT2D eigenvalue weighted by Crippen LogP contribution is 2.13. The zero-order valence-electron chi connectivity index (χ0n) is 5.62. The van der Waals surface area contributed by atoms with Crippen LogP contribution in [0.1, 0.15) is 6.42 Å². The Morgan fingerprint density at radius 3 is 2.70 bits per heavy atom. The summed E-state index contributed by atoms with van der Waals surface area (Å²) in [5.41, 5.74) is 0. The van der Waals surface area contributed by atoms with Crippen molar-refractivity contribution in [2.24, 2.45) is 0 Å². The quantitative estimate of drug-likeness (QED) is 0.305. The highest BCUT2D eigenvalue weighted by atomic mass is 16.6. The molecule has 1 fully saturated rings. The minimum absolute atomic E-state index is 0.0356. The first-order chi connectivity index (χ1) is 4.74. The Labute approximate surface area is 58.1 Å². The maximum atomic E-state index is 10.7. The molecule has 4 nitrogen and oxygen atoms in total. The summed E-state index contributed by atoms with van der Waals surface area (Å²) in [6.07, 6.45) is 0.124. The van der Waals surface area contributed by atoms with E-state index >= 15 is 0 Å². The molecule has 0 amide bonds. The van der Waals surface area contributed by atoms with Gasteiger partial charge in [0.2, 0.25) is 5.78 Å². The fourth-order valence-corrected chi connectivity index (χ4v) is 0.590. The lowest BCUT2D eigenvalue weighted by molar-refractivity contribution is -0.151. The molecule has 0 spiro atoms. The zero-order valence-corrected chi connectivity index (χ0v) is 5.62. The molecular formula is C6H8O4. The Hall–Kier alpha value is -0.900. The molecule has 0 aliphatic carbocycles. The summed E-state index contributed by atoms with van der Waals surface area (Å²) in [7, 11) is 1.19. The van der Waals surface area contributed by atoms with E-state index in [1.807, 2.05) is 0 Å². The minimum atomic E-state index is -0.782. The van der Waals surface area contributed by atoms with Crippen LogP contribution in [0.2, 0.25) is 0 Å². The van der Waals surface area contributed by atoms with E-state index in [1.165, 1.54) is 7.11 Å². The second-order valence-electron chi connectivity index (χ2n) is 2.07. The molecule has 0 radical (unpaired) electrons. The summed E-state index contributed by atoms with van der Waals surface area (Å²) in [4.78, 5) is 21.1. The highest BCUT2D eigenvalue weighted by molar-refractivity contribution is 6.33. The van der Waals surface area contributed by atoms with E-state index in [0.717, 1.165) is 0 Å². The molecule has 1 atom stereocenters. The van der Waals surface area contributed by atoms with Gasteiger partial charge < -0.3 is 9.47 Å². The van der Waals surface area contributed by atoms with E-state index in [2.05, 4.69) is 4.74 Å². The molecule has 0 saturated carbocycles. The van der Waals surface area contributed by atoms with E-state index in [9.17, 15) is 9.59 Å². The standard InChI is InChI=1S/C6H8O4/c1-9-6(8)5(7)2-4-3-10-4/h4H,2-3H2,1H3. The van der Waals surface area contributed by atoms with Crippen LogP contribution < -0.4 is 0 Å². The fourth-order valence-electron chi connectivity index (χ4n) is 0.590. The third kappa shape index (κ3) is 1.80. The lowest BCUT2D eigenvalue weighted by atomic mass is 10.2. The summed E-state index contributed by atoms with van der Waals surface area (Å²) in [6, 6.07) is 0. The zero-order chi connectivity index (χ0) is 7.56. The van der Waals surface area contributed by atoms with Crippen LogP contribution >= 0.6 is 0 Å². The summed E-state index contributed by atoms with van der Waals surface area (Å²) >= 11 is 0. The third-order valence-corrected chi connectivity index (χ3v) is 1.23. The molecule has 0 N–H and O–H groups in total. The van der Waals surface area contributed by atoms with Crippen molar-refractivity contribution in [3.8, 4) is 0 Å². The van der Waals surface area contributed by atoms with Crippen molar-refractivity contribution >= 4 is 11.8 Å². The number of esters is 1. The normalized spacial score (nSPS) is 21.9. The van der Waals surface area contributed by atoms with Crippen molar-refractivity contribution in [1.82, 2.24) is 0 Å². The van der Waals surface area contributed by atoms with Gasteiger partial charge in [-0.05, 0) is 0 Å². The second kappa shape index (κ2) is 2.79. The number of epoxide rings is 1. The SMILES string of the molecule is COC(=O)C(=O)CC1CO1. The first-order valence-corrected chi connectivity index (χ1v) is 2.97. The number of hydrogen-bond acceptors (Lipinski definition) is 4. The molecule has 0 bridgehead atoms. The van der Waals surface area contributed by atoms with Gasteiger partial charge in [0.15, 0.2) is 0 Å². The van der Waals surface area contributed by atoms with Crippen molar-refractivity contribution < 1.29 is 19.1 Å². The van der Waals surface area contributed by atoms with Gasteiger partial charge in [0.25, 0.3) is 0 Å². The number of carbonyl (C=O) groups excluding carboxylic acids is 2. The maximum Gasteiger partial charge on any atom is 0.374 e. The number of carbonyl (C=O) groups is 2. The number of hydrogen-bond donors (Lipinski definition) is 0. The van der Waals surface area contributed by atoms with Crippen LogP contribution in [-0.2, 0) is 19.1 Å². The summed E-state index contributed by atoms with van der Waals surface area (Å²) in [5.74, 6) is -1.29. The summed E-state index contributed by atoms with van der Waals surface area (Å²) in [6.45, 7) is 0.586. The molecule has 4 heteroatoms. The number of ether oxygens (including phenoxy) is 2.